The molecule has 3 aromatic rings. The maximum Gasteiger partial charge on any atom is 0.305 e. The second-order valence-electron chi connectivity index (χ2n) is 6.10. The Kier molecular flexibility index (Phi) is 7.45. The van der Waals surface area contributed by atoms with Crippen LogP contribution < -0.4 is 5.32 Å². The monoisotopic (exact) mass is 414 g/mol. The van der Waals surface area contributed by atoms with Crippen LogP contribution in [-0.4, -0.2) is 30.0 Å². The van der Waals surface area contributed by atoms with Gasteiger partial charge in [0.25, 0.3) is 5.91 Å². The molecule has 0 unspecified atom stereocenters. The number of thiazole rings is 1. The van der Waals surface area contributed by atoms with Gasteiger partial charge in [-0.1, -0.05) is 36.0 Å². The standard InChI is InChI=1S/C21H22N2O3S2/c1-2-26-19(24)8-5-13-22-20(25)16-11-9-15(10-12-16)14-27-21-23-17-6-3-4-7-18(17)28-21/h3-4,6-7,9-12H,2,5,8,13-14H2,1H3,(H,22,25). The molecule has 3 rings (SSSR count). The summed E-state index contributed by atoms with van der Waals surface area (Å²) in [5.74, 6) is 0.447. The fraction of sp³-hybridized carbons (Fsp3) is 0.286. The molecule has 0 aliphatic rings. The third-order valence-corrected chi connectivity index (χ3v) is 6.25. The number of esters is 1. The van der Waals surface area contributed by atoms with Gasteiger partial charge >= 0.3 is 5.97 Å². The van der Waals surface area contributed by atoms with Crippen LogP contribution in [-0.2, 0) is 15.3 Å². The first-order valence-corrected chi connectivity index (χ1v) is 11.0. The number of thioether (sulfide) groups is 1. The minimum atomic E-state index is -0.230. The molecule has 0 bridgehead atoms. The maximum atomic E-state index is 12.2. The topological polar surface area (TPSA) is 68.3 Å². The summed E-state index contributed by atoms with van der Waals surface area (Å²) in [4.78, 5) is 28.1. The fourth-order valence-electron chi connectivity index (χ4n) is 2.58. The molecule has 0 aliphatic heterocycles. The van der Waals surface area contributed by atoms with E-state index in [-0.39, 0.29) is 11.9 Å². The van der Waals surface area contributed by atoms with Crippen LogP contribution in [0.5, 0.6) is 0 Å². The second kappa shape index (κ2) is 10.2. The minimum absolute atomic E-state index is 0.130. The number of amides is 1. The highest BCUT2D eigenvalue weighted by Crippen LogP contribution is 2.31. The quantitative estimate of drug-likeness (QED) is 0.313. The number of carbonyl (C=O) groups is 2. The van der Waals surface area contributed by atoms with Crippen molar-refractivity contribution < 1.29 is 14.3 Å². The Balaban J connectivity index is 1.45. The Bertz CT molecular complexity index is 905. The Hall–Kier alpha value is -2.38. The third-order valence-electron chi connectivity index (χ3n) is 4.00. The molecule has 1 N–H and O–H groups in total. The first-order chi connectivity index (χ1) is 13.7. The van der Waals surface area contributed by atoms with Crippen LogP contribution in [0, 0.1) is 0 Å². The van der Waals surface area contributed by atoms with Gasteiger partial charge in [0, 0.05) is 24.3 Å². The molecule has 1 amide bonds. The van der Waals surface area contributed by atoms with Crippen molar-refractivity contribution in [2.75, 3.05) is 13.2 Å². The molecule has 7 heteroatoms. The number of para-hydroxylation sites is 1. The SMILES string of the molecule is CCOC(=O)CCCNC(=O)c1ccc(CSc2nc3ccccc3s2)cc1. The van der Waals surface area contributed by atoms with E-state index in [9.17, 15) is 9.59 Å². The number of hydrogen-bond acceptors (Lipinski definition) is 6. The van der Waals surface area contributed by atoms with E-state index in [1.165, 1.54) is 4.70 Å². The van der Waals surface area contributed by atoms with E-state index in [0.29, 0.717) is 31.6 Å². The average Bonchev–Trinajstić information content (AvgIpc) is 3.13. The average molecular weight is 415 g/mol. The molecule has 0 spiro atoms. The first kappa shape index (κ1) is 20.4. The largest absolute Gasteiger partial charge is 0.466 e. The zero-order valence-electron chi connectivity index (χ0n) is 15.6. The smallest absolute Gasteiger partial charge is 0.305 e. The molecule has 0 aliphatic carbocycles. The predicted molar refractivity (Wildman–Crippen MR) is 114 cm³/mol. The van der Waals surface area contributed by atoms with Gasteiger partial charge in [0.15, 0.2) is 4.34 Å². The van der Waals surface area contributed by atoms with Crippen LogP contribution in [0.15, 0.2) is 52.9 Å². The Labute approximate surface area is 172 Å². The second-order valence-corrected chi connectivity index (χ2v) is 8.35. The summed E-state index contributed by atoms with van der Waals surface area (Å²) in [5.41, 5.74) is 2.79. The van der Waals surface area contributed by atoms with Crippen molar-refractivity contribution in [3.63, 3.8) is 0 Å². The molecule has 0 fully saturated rings. The van der Waals surface area contributed by atoms with Gasteiger partial charge in [0.1, 0.15) is 0 Å². The summed E-state index contributed by atoms with van der Waals surface area (Å²) in [6.07, 6.45) is 0.886. The summed E-state index contributed by atoms with van der Waals surface area (Å²) >= 11 is 3.40. The maximum absolute atomic E-state index is 12.2. The summed E-state index contributed by atoms with van der Waals surface area (Å²) in [6, 6.07) is 15.7. The third kappa shape index (κ3) is 5.81. The van der Waals surface area contributed by atoms with Gasteiger partial charge in [-0.25, -0.2) is 4.98 Å². The summed E-state index contributed by atoms with van der Waals surface area (Å²) in [7, 11) is 0. The number of aromatic nitrogens is 1. The summed E-state index contributed by atoms with van der Waals surface area (Å²) < 4.78 is 7.10. The van der Waals surface area contributed by atoms with Crippen molar-refractivity contribution in [1.29, 1.82) is 0 Å². The number of rotatable bonds is 9. The molecule has 0 saturated carbocycles. The highest BCUT2D eigenvalue weighted by atomic mass is 32.2. The van der Waals surface area contributed by atoms with Gasteiger partial charge in [0.2, 0.25) is 0 Å². The first-order valence-electron chi connectivity index (χ1n) is 9.17. The molecule has 0 atom stereocenters. The Morgan fingerprint density at radius 3 is 2.68 bits per heavy atom. The molecule has 2 aromatic carbocycles. The van der Waals surface area contributed by atoms with E-state index >= 15 is 0 Å². The van der Waals surface area contributed by atoms with Crippen LogP contribution in [0.3, 0.4) is 0 Å². The number of nitrogens with one attached hydrogen (secondary N) is 1. The zero-order valence-corrected chi connectivity index (χ0v) is 17.3. The van der Waals surface area contributed by atoms with Crippen LogP contribution in [0.1, 0.15) is 35.7 Å². The Morgan fingerprint density at radius 1 is 1.14 bits per heavy atom. The van der Waals surface area contributed by atoms with Crippen LogP contribution >= 0.6 is 23.1 Å². The summed E-state index contributed by atoms with van der Waals surface area (Å²) in [6.45, 7) is 2.61. The van der Waals surface area contributed by atoms with E-state index < -0.39 is 0 Å². The molecular weight excluding hydrogens is 392 g/mol. The zero-order chi connectivity index (χ0) is 19.8. The van der Waals surface area contributed by atoms with E-state index in [0.717, 1.165) is 21.2 Å². The van der Waals surface area contributed by atoms with Crippen molar-refractivity contribution in [1.82, 2.24) is 10.3 Å². The van der Waals surface area contributed by atoms with E-state index in [4.69, 9.17) is 4.74 Å². The molecule has 0 saturated heterocycles. The lowest BCUT2D eigenvalue weighted by molar-refractivity contribution is -0.143. The molecule has 1 heterocycles. The molecular formula is C21H22N2O3S2. The summed E-state index contributed by atoms with van der Waals surface area (Å²) in [5, 5.41) is 2.83. The number of nitrogens with zero attached hydrogens (tertiary/aromatic N) is 1. The highest BCUT2D eigenvalue weighted by molar-refractivity contribution is 8.00. The Morgan fingerprint density at radius 2 is 1.93 bits per heavy atom. The van der Waals surface area contributed by atoms with Crippen molar-refractivity contribution in [3.05, 3.63) is 59.7 Å². The molecule has 28 heavy (non-hydrogen) atoms. The molecule has 0 radical (unpaired) electrons. The van der Waals surface area contributed by atoms with Crippen molar-refractivity contribution >= 4 is 45.2 Å². The number of benzene rings is 2. The highest BCUT2D eigenvalue weighted by Gasteiger charge is 2.08. The molecule has 1 aromatic heterocycles. The van der Waals surface area contributed by atoms with E-state index in [1.807, 2.05) is 42.5 Å². The van der Waals surface area contributed by atoms with Gasteiger partial charge in [-0.15, -0.1) is 11.3 Å². The van der Waals surface area contributed by atoms with Crippen molar-refractivity contribution in [3.8, 4) is 0 Å². The van der Waals surface area contributed by atoms with Gasteiger partial charge in [-0.2, -0.15) is 0 Å². The van der Waals surface area contributed by atoms with E-state index in [2.05, 4.69) is 16.4 Å². The lowest BCUT2D eigenvalue weighted by Crippen LogP contribution is -2.25. The van der Waals surface area contributed by atoms with E-state index in [1.54, 1.807) is 30.0 Å². The van der Waals surface area contributed by atoms with Gasteiger partial charge < -0.3 is 10.1 Å². The van der Waals surface area contributed by atoms with Crippen LogP contribution in [0.4, 0.5) is 0 Å². The predicted octanol–water partition coefficient (Wildman–Crippen LogP) is 4.66. The fourth-order valence-corrected chi connectivity index (χ4v) is 4.60. The number of hydrogen-bond donors (Lipinski definition) is 1. The molecule has 146 valence electrons. The van der Waals surface area contributed by atoms with Crippen molar-refractivity contribution in [2.45, 2.75) is 29.9 Å². The normalized spacial score (nSPS) is 10.8. The van der Waals surface area contributed by atoms with Crippen molar-refractivity contribution in [2.24, 2.45) is 0 Å². The van der Waals surface area contributed by atoms with Crippen LogP contribution in [0.2, 0.25) is 0 Å². The number of carbonyl (C=O) groups excluding carboxylic acids is 2. The lowest BCUT2D eigenvalue weighted by atomic mass is 10.1. The minimum Gasteiger partial charge on any atom is -0.466 e. The molecule has 5 nitrogen and oxygen atoms in total. The van der Waals surface area contributed by atoms with Gasteiger partial charge in [-0.3, -0.25) is 9.59 Å². The van der Waals surface area contributed by atoms with Crippen LogP contribution in [0.25, 0.3) is 10.2 Å². The number of fused-ring (bicyclic) bond motifs is 1. The van der Waals surface area contributed by atoms with Gasteiger partial charge in [-0.05, 0) is 43.2 Å². The number of ether oxygens (including phenoxy) is 1. The lowest BCUT2D eigenvalue weighted by Gasteiger charge is -2.06. The van der Waals surface area contributed by atoms with Gasteiger partial charge in [0.05, 0.1) is 16.8 Å².